The number of ether oxygens (including phenoxy) is 1. The molecule has 67 heavy (non-hydrogen) atoms. The predicted molar refractivity (Wildman–Crippen MR) is 278 cm³/mol. The first-order valence-corrected chi connectivity index (χ1v) is 23.8. The van der Waals surface area contributed by atoms with Crippen LogP contribution in [0.4, 0.5) is 0 Å². The van der Waals surface area contributed by atoms with Gasteiger partial charge in [-0.1, -0.05) is 169 Å². The molecule has 0 fully saturated rings. The summed E-state index contributed by atoms with van der Waals surface area (Å²) in [5, 5.41) is 2.32. The van der Waals surface area contributed by atoms with E-state index in [1.54, 1.807) is 0 Å². The molecule has 0 aliphatic rings. The zero-order valence-electron chi connectivity index (χ0n) is 41.8. The van der Waals surface area contributed by atoms with Crippen molar-refractivity contribution in [3.63, 3.8) is 0 Å². The Morgan fingerprint density at radius 2 is 1.06 bits per heavy atom. The van der Waals surface area contributed by atoms with Gasteiger partial charge in [0.05, 0.1) is 28.1 Å². The van der Waals surface area contributed by atoms with E-state index in [2.05, 4.69) is 262 Å². The van der Waals surface area contributed by atoms with Gasteiger partial charge in [-0.3, -0.25) is 13.7 Å². The highest BCUT2D eigenvalue weighted by atomic mass is 16.5. The van der Waals surface area contributed by atoms with Crippen LogP contribution >= 0.6 is 0 Å². The third-order valence-electron chi connectivity index (χ3n) is 13.9. The molecular formula is C62H66N4O. The quantitative estimate of drug-likeness (QED) is 0.107. The van der Waals surface area contributed by atoms with Crippen LogP contribution in [0.1, 0.15) is 129 Å². The van der Waals surface area contributed by atoms with Gasteiger partial charge < -0.3 is 4.74 Å². The minimum atomic E-state index is -0.236. The zero-order chi connectivity index (χ0) is 47.7. The van der Waals surface area contributed by atoms with E-state index in [-0.39, 0.29) is 27.1 Å². The van der Waals surface area contributed by atoms with Crippen LogP contribution in [0.3, 0.4) is 0 Å². The Balaban J connectivity index is 1.14. The number of imidazole rings is 1. The van der Waals surface area contributed by atoms with Gasteiger partial charge in [-0.15, -0.1) is 0 Å². The third kappa shape index (κ3) is 8.73. The first-order valence-electron chi connectivity index (χ1n) is 23.8. The average Bonchev–Trinajstić information content (AvgIpc) is 3.90. The summed E-state index contributed by atoms with van der Waals surface area (Å²) in [7, 11) is 0. The smallest absolute Gasteiger partial charge is 0.269 e. The Hall–Kier alpha value is -6.72. The minimum Gasteiger partial charge on any atom is -0.458 e. The van der Waals surface area contributed by atoms with Gasteiger partial charge in [-0.2, -0.15) is 0 Å². The fraction of sp³-hybridized carbons (Fsp3) is 0.290. The van der Waals surface area contributed by atoms with E-state index in [1.807, 2.05) is 12.3 Å². The van der Waals surface area contributed by atoms with Crippen LogP contribution in [0.25, 0.3) is 39.0 Å². The van der Waals surface area contributed by atoms with Gasteiger partial charge in [0.1, 0.15) is 17.3 Å². The Morgan fingerprint density at radius 3 is 1.66 bits per heavy atom. The fourth-order valence-corrected chi connectivity index (χ4v) is 9.34. The molecule has 0 radical (unpaired) electrons. The number of rotatable bonds is 9. The standard InChI is InChI=1S/C62H66N4O/c1-58(2,3)46-33-47(59(4,5)6)35-49(34-46)65-41-64(40-56(65)60(7,8)9)48-25-20-26-50(38-48)67-51-28-29-52-53-36-44(61(10,11)42-21-16-14-17-22-42)27-30-54(53)66(55(52)39-51)57-37-45(31-32-63-57)62(12,13)43-23-18-15-19-24-43/h14-40H,1-13H3. The van der Waals surface area contributed by atoms with Crippen molar-refractivity contribution in [3.05, 3.63) is 209 Å². The maximum Gasteiger partial charge on any atom is 0.269 e. The fourth-order valence-electron chi connectivity index (χ4n) is 9.34. The summed E-state index contributed by atoms with van der Waals surface area (Å²) in [6.07, 6.45) is 7.92. The molecule has 9 aromatic rings. The number of nitrogens with zero attached hydrogens (tertiary/aromatic N) is 4. The minimum absolute atomic E-state index is 0.00780. The number of hydrogen-bond acceptors (Lipinski definition) is 2. The SMILES string of the molecule is CC(C)(C)c1cc(-[n+]2[c-]n(-c3cccc(Oc4ccc5c6cc(C(C)(C)c7ccccc7)ccc6n(-c6cc(C(C)(C)c7ccccc7)ccn6)c5c4)c3)cc2C(C)(C)C)cc(C(C)(C)C)c1. The van der Waals surface area contributed by atoms with Crippen LogP contribution in [0.15, 0.2) is 164 Å². The molecule has 340 valence electrons. The molecule has 3 aromatic heterocycles. The second-order valence-corrected chi connectivity index (χ2v) is 22.6. The van der Waals surface area contributed by atoms with Crippen LogP contribution in [0.5, 0.6) is 11.5 Å². The second-order valence-electron chi connectivity index (χ2n) is 22.6. The van der Waals surface area contributed by atoms with E-state index in [4.69, 9.17) is 9.72 Å². The molecule has 0 amide bonds. The van der Waals surface area contributed by atoms with Crippen molar-refractivity contribution in [2.24, 2.45) is 0 Å². The van der Waals surface area contributed by atoms with Crippen LogP contribution in [-0.4, -0.2) is 14.1 Å². The Labute approximate surface area is 398 Å². The highest BCUT2D eigenvalue weighted by Gasteiger charge is 2.28. The number of aromatic nitrogens is 4. The summed E-state index contributed by atoms with van der Waals surface area (Å²) in [5.41, 5.74) is 12.4. The Kier molecular flexibility index (Phi) is 11.2. The normalized spacial score (nSPS) is 12.9. The lowest BCUT2D eigenvalue weighted by Crippen LogP contribution is -2.39. The first kappa shape index (κ1) is 45.4. The largest absolute Gasteiger partial charge is 0.458 e. The Morgan fingerprint density at radius 1 is 0.463 bits per heavy atom. The maximum absolute atomic E-state index is 6.83. The molecule has 0 N–H and O–H groups in total. The number of benzene rings is 6. The molecule has 3 heterocycles. The van der Waals surface area contributed by atoms with Crippen LogP contribution in [-0.2, 0) is 27.1 Å². The molecule has 5 heteroatoms. The molecule has 0 saturated heterocycles. The van der Waals surface area contributed by atoms with E-state index >= 15 is 0 Å². The summed E-state index contributed by atoms with van der Waals surface area (Å²) in [4.78, 5) is 5.06. The molecule has 0 atom stereocenters. The molecule has 0 spiro atoms. The predicted octanol–water partition coefficient (Wildman–Crippen LogP) is 15.4. The van der Waals surface area contributed by atoms with Crippen molar-refractivity contribution in [1.82, 2.24) is 14.1 Å². The zero-order valence-corrected chi connectivity index (χ0v) is 41.8. The summed E-state index contributed by atoms with van der Waals surface area (Å²) in [6, 6.07) is 54.7. The first-order chi connectivity index (χ1) is 31.6. The lowest BCUT2D eigenvalue weighted by atomic mass is 9.78. The van der Waals surface area contributed by atoms with Gasteiger partial charge in [-0.05, 0) is 116 Å². The van der Waals surface area contributed by atoms with Gasteiger partial charge in [0.2, 0.25) is 0 Å². The van der Waals surface area contributed by atoms with Crippen LogP contribution in [0.2, 0.25) is 0 Å². The Bertz CT molecular complexity index is 3220. The van der Waals surface area contributed by atoms with Crippen molar-refractivity contribution in [2.75, 3.05) is 0 Å². The molecule has 5 nitrogen and oxygen atoms in total. The second kappa shape index (κ2) is 16.6. The van der Waals surface area contributed by atoms with E-state index in [0.29, 0.717) is 0 Å². The van der Waals surface area contributed by atoms with E-state index in [0.717, 1.165) is 45.1 Å². The number of pyridine rings is 1. The third-order valence-corrected chi connectivity index (χ3v) is 13.9. The topological polar surface area (TPSA) is 35.9 Å². The summed E-state index contributed by atoms with van der Waals surface area (Å²) < 4.78 is 13.5. The monoisotopic (exact) mass is 883 g/mol. The van der Waals surface area contributed by atoms with Gasteiger partial charge in [0, 0.05) is 40.1 Å². The summed E-state index contributed by atoms with van der Waals surface area (Å²) in [6.45, 7) is 29.7. The van der Waals surface area contributed by atoms with Crippen molar-refractivity contribution < 1.29 is 9.30 Å². The summed E-state index contributed by atoms with van der Waals surface area (Å²) in [5.74, 6) is 2.35. The molecule has 0 aliphatic carbocycles. The molecule has 6 aromatic carbocycles. The van der Waals surface area contributed by atoms with Crippen molar-refractivity contribution in [3.8, 4) is 28.7 Å². The number of hydrogen-bond donors (Lipinski definition) is 0. The van der Waals surface area contributed by atoms with E-state index < -0.39 is 0 Å². The molecule has 0 bridgehead atoms. The van der Waals surface area contributed by atoms with E-state index in [9.17, 15) is 0 Å². The summed E-state index contributed by atoms with van der Waals surface area (Å²) >= 11 is 0. The molecular weight excluding hydrogens is 817 g/mol. The average molecular weight is 883 g/mol. The molecule has 0 saturated carbocycles. The van der Waals surface area contributed by atoms with Crippen molar-refractivity contribution in [1.29, 1.82) is 0 Å². The van der Waals surface area contributed by atoms with Gasteiger partial charge in [-0.25, -0.2) is 4.98 Å². The van der Waals surface area contributed by atoms with Gasteiger partial charge in [0.15, 0.2) is 0 Å². The lowest BCUT2D eigenvalue weighted by Gasteiger charge is -2.27. The van der Waals surface area contributed by atoms with Crippen molar-refractivity contribution in [2.45, 2.75) is 117 Å². The molecule has 0 aliphatic heterocycles. The highest BCUT2D eigenvalue weighted by Crippen LogP contribution is 2.41. The maximum atomic E-state index is 6.83. The number of fused-ring (bicyclic) bond motifs is 3. The van der Waals surface area contributed by atoms with Gasteiger partial charge >= 0.3 is 0 Å². The van der Waals surface area contributed by atoms with Gasteiger partial charge in [0.25, 0.3) is 6.33 Å². The van der Waals surface area contributed by atoms with Crippen LogP contribution < -0.4 is 9.30 Å². The molecule has 0 unspecified atom stereocenters. The highest BCUT2D eigenvalue weighted by molar-refractivity contribution is 6.10. The van der Waals surface area contributed by atoms with E-state index in [1.165, 1.54) is 44.5 Å². The lowest BCUT2D eigenvalue weighted by molar-refractivity contribution is -0.611. The molecule has 9 rings (SSSR count). The van der Waals surface area contributed by atoms with Crippen molar-refractivity contribution >= 4 is 21.8 Å². The van der Waals surface area contributed by atoms with Crippen LogP contribution in [0, 0.1) is 6.33 Å².